The van der Waals surface area contributed by atoms with Crippen LogP contribution in [0.2, 0.25) is 0 Å². The summed E-state index contributed by atoms with van der Waals surface area (Å²) in [5, 5.41) is 20.7. The number of unbranched alkanes of at least 4 members (excludes halogenated alkanes) is 25. The molecule has 0 aromatic rings. The lowest BCUT2D eigenvalue weighted by molar-refractivity contribution is -0.161. The van der Waals surface area contributed by atoms with Crippen molar-refractivity contribution in [3.8, 4) is 0 Å². The molecule has 0 saturated heterocycles. The number of carbonyl (C=O) groups is 3. The fourth-order valence-electron chi connectivity index (χ4n) is 10.8. The molecule has 0 spiro atoms. The van der Waals surface area contributed by atoms with Gasteiger partial charge >= 0.3 is 33.6 Å². The highest BCUT2D eigenvalue weighted by atomic mass is 31.2. The Labute approximate surface area is 662 Å². The van der Waals surface area contributed by atoms with Crippen LogP contribution in [-0.4, -0.2) is 95.9 Å². The van der Waals surface area contributed by atoms with Crippen LogP contribution in [0.1, 0.15) is 316 Å². The summed E-state index contributed by atoms with van der Waals surface area (Å²) < 4.78 is 61.2. The Bertz CT molecular complexity index is 2710. The predicted octanol–water partition coefficient (Wildman–Crippen LogP) is 25.3. The average Bonchev–Trinajstić information content (AvgIpc) is 0.904. The van der Waals surface area contributed by atoms with Crippen molar-refractivity contribution in [2.24, 2.45) is 0 Å². The molecule has 4 N–H and O–H groups in total. The van der Waals surface area contributed by atoms with Crippen LogP contribution in [-0.2, 0) is 55.8 Å². The normalized spacial score (nSPS) is 14.8. The quantitative estimate of drug-likeness (QED) is 0.0146. The number of carbonyl (C=O) groups excluding carboxylic acids is 3. The lowest BCUT2D eigenvalue weighted by Crippen LogP contribution is -2.29. The molecule has 0 aliphatic rings. The van der Waals surface area contributed by atoms with E-state index < -0.39 is 91.5 Å². The van der Waals surface area contributed by atoms with E-state index in [-0.39, 0.29) is 19.3 Å². The maximum Gasteiger partial charge on any atom is 0.472 e. The Balaban J connectivity index is 4.66. The standard InChI is InChI=1S/C91H150O16P2/c1-4-7-10-13-16-19-22-25-28-31-34-36-38-40-41-42-43-45-47-48-51-53-56-59-62-65-68-71-74-77-89(94)101-80-86(92)81-103-108(97,98)104-82-87(93)83-105-109(99,100)106-85-88(107-91(96)79-76-73-70-67-64-61-58-55-50-33-30-27-24-21-18-15-12-9-6-3)84-102-90(95)78-75-72-69-66-63-60-57-54-52-49-46-44-39-37-35-32-29-26-23-20-17-14-11-8-5-2/h8-9,11-12,16-21,25-30,34-37,40-41,44,46,50,55,61,64,70,73,86-88,92-93H,4-7,10,13-15,22-24,31-33,38-39,42-43,45,47-49,51-54,56-60,62-63,65-69,71-72,74-85H2,1-3H3,(H,97,98)(H,99,100)/b11-8-,12-9-,19-16-,20-17-,21-18-,28-25-,29-26-,30-27-,36-34-,37-35-,41-40-,46-44-,55-50-,64-61-,73-70-. The minimum Gasteiger partial charge on any atom is -0.463 e. The molecule has 0 aromatic carbocycles. The molecule has 0 amide bonds. The van der Waals surface area contributed by atoms with Gasteiger partial charge in [0.1, 0.15) is 25.4 Å². The Morgan fingerprint density at radius 2 is 0.505 bits per heavy atom. The van der Waals surface area contributed by atoms with E-state index >= 15 is 0 Å². The first-order valence-electron chi connectivity index (χ1n) is 42.1. The molecule has 0 bridgehead atoms. The second-order valence-corrected chi connectivity index (χ2v) is 30.4. The zero-order valence-corrected chi connectivity index (χ0v) is 69.7. The lowest BCUT2D eigenvalue weighted by atomic mass is 10.0. The fraction of sp³-hybridized carbons (Fsp3) is 0.637. The number of phosphoric ester groups is 2. The molecule has 16 nitrogen and oxygen atoms in total. The van der Waals surface area contributed by atoms with Gasteiger partial charge in [-0.05, 0) is 148 Å². The largest absolute Gasteiger partial charge is 0.472 e. The topological polar surface area (TPSA) is 231 Å². The van der Waals surface area contributed by atoms with Gasteiger partial charge in [0.15, 0.2) is 6.10 Å². The third-order valence-corrected chi connectivity index (χ3v) is 19.0. The monoisotopic (exact) mass is 1560 g/mol. The summed E-state index contributed by atoms with van der Waals surface area (Å²) in [6.45, 7) is 2.33. The van der Waals surface area contributed by atoms with Crippen LogP contribution in [0.5, 0.6) is 0 Å². The van der Waals surface area contributed by atoms with E-state index in [1.165, 1.54) is 109 Å². The van der Waals surface area contributed by atoms with E-state index in [9.17, 15) is 43.5 Å². The third-order valence-electron chi connectivity index (χ3n) is 17.1. The number of hydrogen-bond acceptors (Lipinski definition) is 14. The van der Waals surface area contributed by atoms with Crippen molar-refractivity contribution in [1.29, 1.82) is 0 Å². The molecule has 0 aromatic heterocycles. The Kier molecular flexibility index (Phi) is 78.1. The molecule has 109 heavy (non-hydrogen) atoms. The van der Waals surface area contributed by atoms with E-state index in [4.69, 9.17) is 32.3 Å². The zero-order chi connectivity index (χ0) is 79.4. The highest BCUT2D eigenvalue weighted by Crippen LogP contribution is 2.45. The molecule has 0 aliphatic carbocycles. The minimum atomic E-state index is -4.96. The van der Waals surface area contributed by atoms with Gasteiger partial charge in [-0.1, -0.05) is 331 Å². The number of phosphoric acid groups is 2. The summed E-state index contributed by atoms with van der Waals surface area (Å²) in [5.74, 6) is -1.69. The smallest absolute Gasteiger partial charge is 0.463 e. The zero-order valence-electron chi connectivity index (χ0n) is 67.9. The highest BCUT2D eigenvalue weighted by molar-refractivity contribution is 7.47. The molecule has 0 radical (unpaired) electrons. The van der Waals surface area contributed by atoms with Crippen molar-refractivity contribution in [2.45, 2.75) is 334 Å². The Hall–Kier alpha value is -5.35. The highest BCUT2D eigenvalue weighted by Gasteiger charge is 2.29. The van der Waals surface area contributed by atoms with Gasteiger partial charge in [-0.15, -0.1) is 0 Å². The first-order valence-corrected chi connectivity index (χ1v) is 45.1. The fourth-order valence-corrected chi connectivity index (χ4v) is 12.4. The van der Waals surface area contributed by atoms with E-state index in [1.807, 2.05) is 18.2 Å². The van der Waals surface area contributed by atoms with E-state index in [0.29, 0.717) is 25.7 Å². The average molecular weight is 1560 g/mol. The lowest BCUT2D eigenvalue weighted by Gasteiger charge is -2.21. The molecule has 0 aliphatic heterocycles. The molecule has 0 rings (SSSR count). The number of aliphatic hydroxyl groups is 2. The van der Waals surface area contributed by atoms with Gasteiger partial charge in [-0.25, -0.2) is 9.13 Å². The van der Waals surface area contributed by atoms with Gasteiger partial charge in [0.05, 0.1) is 26.4 Å². The van der Waals surface area contributed by atoms with E-state index in [2.05, 4.69) is 185 Å². The van der Waals surface area contributed by atoms with Gasteiger partial charge in [-0.3, -0.25) is 32.5 Å². The maximum absolute atomic E-state index is 13.0. The van der Waals surface area contributed by atoms with Gasteiger partial charge in [-0.2, -0.15) is 0 Å². The number of aliphatic hydroxyl groups excluding tert-OH is 2. The van der Waals surface area contributed by atoms with E-state index in [0.717, 1.165) is 141 Å². The van der Waals surface area contributed by atoms with Gasteiger partial charge in [0.2, 0.25) is 0 Å². The molecule has 5 atom stereocenters. The van der Waals surface area contributed by atoms with Gasteiger partial charge in [0, 0.05) is 19.3 Å². The van der Waals surface area contributed by atoms with Crippen LogP contribution in [0.4, 0.5) is 0 Å². The van der Waals surface area contributed by atoms with Crippen LogP contribution in [0.15, 0.2) is 182 Å². The van der Waals surface area contributed by atoms with Crippen molar-refractivity contribution >= 4 is 33.6 Å². The van der Waals surface area contributed by atoms with E-state index in [1.54, 1.807) is 0 Å². The number of rotatable bonds is 78. The number of ether oxygens (including phenoxy) is 3. The summed E-state index contributed by atoms with van der Waals surface area (Å²) in [5.41, 5.74) is 0. The van der Waals surface area contributed by atoms with Crippen molar-refractivity contribution < 1.29 is 75.8 Å². The SMILES string of the molecule is CC/C=C\C/C=C\C/C=C\C/C=C\C/C=C\C/C=C\CCC(=O)OC(COC(=O)CCCCCCCCCCC/C=C\C/C=C\C/C=C\C/C=C\C/C=C\CC)COP(=O)(O)OCC(O)COP(=O)(O)OCC(O)COC(=O)CCCCCCCCCCCCCCC/C=C\C/C=C\C/C=C\C/C=C\CCCCC. The van der Waals surface area contributed by atoms with Crippen molar-refractivity contribution in [3.05, 3.63) is 182 Å². The summed E-state index contributed by atoms with van der Waals surface area (Å²) in [7, 11) is -9.84. The molecular formula is C91H150O16P2. The van der Waals surface area contributed by atoms with Crippen molar-refractivity contribution in [1.82, 2.24) is 0 Å². The number of hydrogen-bond donors (Lipinski definition) is 4. The van der Waals surface area contributed by atoms with Crippen LogP contribution in [0.3, 0.4) is 0 Å². The Morgan fingerprint density at radius 1 is 0.266 bits per heavy atom. The first-order chi connectivity index (χ1) is 53.2. The summed E-state index contributed by atoms with van der Waals surface area (Å²) in [6.07, 6.45) is 107. The number of allylic oxidation sites excluding steroid dienone is 30. The van der Waals surface area contributed by atoms with Crippen molar-refractivity contribution in [2.75, 3.05) is 39.6 Å². The second-order valence-electron chi connectivity index (χ2n) is 27.5. The maximum atomic E-state index is 13.0. The molecule has 0 heterocycles. The molecule has 0 saturated carbocycles. The van der Waals surface area contributed by atoms with Crippen LogP contribution in [0, 0.1) is 0 Å². The van der Waals surface area contributed by atoms with Gasteiger partial charge < -0.3 is 34.2 Å². The van der Waals surface area contributed by atoms with Crippen LogP contribution >= 0.6 is 15.6 Å². The molecular weight excluding hydrogens is 1410 g/mol. The van der Waals surface area contributed by atoms with Crippen molar-refractivity contribution in [3.63, 3.8) is 0 Å². The third kappa shape index (κ3) is 83.4. The number of esters is 3. The van der Waals surface area contributed by atoms with Gasteiger partial charge in [0.25, 0.3) is 0 Å². The molecule has 620 valence electrons. The minimum absolute atomic E-state index is 0.0285. The summed E-state index contributed by atoms with van der Waals surface area (Å²) >= 11 is 0. The molecule has 5 unspecified atom stereocenters. The summed E-state index contributed by atoms with van der Waals surface area (Å²) in [6, 6.07) is 0. The summed E-state index contributed by atoms with van der Waals surface area (Å²) in [4.78, 5) is 58.8. The second kappa shape index (κ2) is 82.1. The first kappa shape index (κ1) is 104. The van der Waals surface area contributed by atoms with Crippen LogP contribution in [0.25, 0.3) is 0 Å². The molecule has 0 fully saturated rings. The van der Waals surface area contributed by atoms with Crippen LogP contribution < -0.4 is 0 Å². The Morgan fingerprint density at radius 3 is 0.807 bits per heavy atom. The predicted molar refractivity (Wildman–Crippen MR) is 454 cm³/mol. The molecule has 18 heteroatoms.